The van der Waals surface area contributed by atoms with Crippen LogP contribution in [0, 0.1) is 0 Å². The van der Waals surface area contributed by atoms with Gasteiger partial charge in [0.15, 0.2) is 0 Å². The van der Waals surface area contributed by atoms with Gasteiger partial charge in [-0.3, -0.25) is 4.99 Å². The number of nitrogens with one attached hydrogen (secondary N) is 1. The summed E-state index contributed by atoms with van der Waals surface area (Å²) in [5.41, 5.74) is 2.28. The van der Waals surface area contributed by atoms with Crippen LogP contribution in [0.5, 0.6) is 0 Å². The van der Waals surface area contributed by atoms with E-state index in [9.17, 15) is 0 Å². The van der Waals surface area contributed by atoms with Crippen LogP contribution in [0.4, 0.5) is 0 Å². The lowest BCUT2D eigenvalue weighted by molar-refractivity contribution is 0.883. The van der Waals surface area contributed by atoms with Gasteiger partial charge in [0.2, 0.25) is 0 Å². The minimum atomic E-state index is 0.878. The molecule has 0 aromatic rings. The van der Waals surface area contributed by atoms with Crippen molar-refractivity contribution < 1.29 is 0 Å². The van der Waals surface area contributed by atoms with E-state index in [2.05, 4.69) is 10.3 Å². The number of aliphatic imine (C=N–C) groups is 1. The first-order chi connectivity index (χ1) is 3.80. The first kappa shape index (κ1) is 5.35. The van der Waals surface area contributed by atoms with Gasteiger partial charge in [0.1, 0.15) is 0 Å². The van der Waals surface area contributed by atoms with E-state index in [1.807, 2.05) is 20.1 Å². The second-order valence-corrected chi connectivity index (χ2v) is 1.90. The third-order valence-corrected chi connectivity index (χ3v) is 1.29. The third kappa shape index (κ3) is 0.886. The number of nitrogens with zero attached hydrogens (tertiary/aromatic N) is 1. The van der Waals surface area contributed by atoms with Crippen LogP contribution in [0.3, 0.4) is 0 Å². The average molecular weight is 110 g/mol. The second-order valence-electron chi connectivity index (χ2n) is 1.90. The molecule has 0 fully saturated rings. The van der Waals surface area contributed by atoms with Crippen LogP contribution in [0.1, 0.15) is 13.8 Å². The van der Waals surface area contributed by atoms with Crippen LogP contribution in [-0.2, 0) is 0 Å². The highest BCUT2D eigenvalue weighted by Gasteiger charge is 1.95. The quantitative estimate of drug-likeness (QED) is 0.492. The molecule has 2 nitrogen and oxygen atoms in total. The van der Waals surface area contributed by atoms with Crippen LogP contribution < -0.4 is 5.32 Å². The lowest BCUT2D eigenvalue weighted by atomic mass is 10.3. The highest BCUT2D eigenvalue weighted by atomic mass is 14.9. The standard InChI is InChI=1S/C6H10N2/c1-5-6(2)8-4-3-7-5/h3,8H,4H2,1-2H3. The molecule has 0 aromatic carbocycles. The highest BCUT2D eigenvalue weighted by Crippen LogP contribution is 2.02. The largest absolute Gasteiger partial charge is 0.382 e. The van der Waals surface area contributed by atoms with Gasteiger partial charge in [-0.05, 0) is 13.8 Å². The summed E-state index contributed by atoms with van der Waals surface area (Å²) in [6.45, 7) is 4.91. The minimum absolute atomic E-state index is 0.878. The molecule has 0 radical (unpaired) electrons. The Hall–Kier alpha value is -0.790. The second kappa shape index (κ2) is 1.99. The predicted octanol–water partition coefficient (Wildman–Crippen LogP) is 0.912. The van der Waals surface area contributed by atoms with Crippen LogP contribution >= 0.6 is 0 Å². The van der Waals surface area contributed by atoms with Crippen molar-refractivity contribution in [3.05, 3.63) is 11.4 Å². The molecule has 1 rings (SSSR count). The van der Waals surface area contributed by atoms with Gasteiger partial charge >= 0.3 is 0 Å². The molecule has 0 aromatic heterocycles. The summed E-state index contributed by atoms with van der Waals surface area (Å²) in [5.74, 6) is 0. The molecule has 1 heterocycles. The van der Waals surface area contributed by atoms with Gasteiger partial charge in [0.25, 0.3) is 0 Å². The molecule has 0 saturated carbocycles. The first-order valence-corrected chi connectivity index (χ1v) is 2.74. The predicted molar refractivity (Wildman–Crippen MR) is 34.9 cm³/mol. The molecule has 0 amide bonds. The zero-order chi connectivity index (χ0) is 5.98. The molecule has 0 bridgehead atoms. The highest BCUT2D eigenvalue weighted by molar-refractivity contribution is 5.63. The Bertz CT molecular complexity index is 145. The van der Waals surface area contributed by atoms with Crippen molar-refractivity contribution in [2.24, 2.45) is 4.99 Å². The molecular weight excluding hydrogens is 100 g/mol. The number of allylic oxidation sites excluding steroid dienone is 2. The van der Waals surface area contributed by atoms with Gasteiger partial charge in [-0.2, -0.15) is 0 Å². The molecule has 0 saturated heterocycles. The van der Waals surface area contributed by atoms with Crippen LogP contribution in [0.15, 0.2) is 16.4 Å². The van der Waals surface area contributed by atoms with E-state index in [1.54, 1.807) is 0 Å². The molecule has 0 aliphatic carbocycles. The van der Waals surface area contributed by atoms with E-state index in [1.165, 1.54) is 5.70 Å². The van der Waals surface area contributed by atoms with E-state index >= 15 is 0 Å². The van der Waals surface area contributed by atoms with E-state index < -0.39 is 0 Å². The maximum atomic E-state index is 4.10. The van der Waals surface area contributed by atoms with E-state index in [4.69, 9.17) is 0 Å². The molecule has 0 atom stereocenters. The molecule has 44 valence electrons. The molecule has 0 spiro atoms. The lowest BCUT2D eigenvalue weighted by Gasteiger charge is -2.09. The maximum absolute atomic E-state index is 4.10. The Labute approximate surface area is 49.3 Å². The summed E-state index contributed by atoms with van der Waals surface area (Å²) in [6, 6.07) is 0. The van der Waals surface area contributed by atoms with Gasteiger partial charge in [0.05, 0.1) is 12.2 Å². The minimum Gasteiger partial charge on any atom is -0.382 e. The van der Waals surface area contributed by atoms with Crippen molar-refractivity contribution in [3.63, 3.8) is 0 Å². The van der Waals surface area contributed by atoms with Gasteiger partial charge in [-0.1, -0.05) is 0 Å². The van der Waals surface area contributed by atoms with Crippen molar-refractivity contribution in [1.29, 1.82) is 0 Å². The fourth-order valence-corrected chi connectivity index (χ4v) is 0.606. The van der Waals surface area contributed by atoms with Crippen molar-refractivity contribution in [3.8, 4) is 0 Å². The molecule has 1 aliphatic heterocycles. The molecule has 2 heteroatoms. The topological polar surface area (TPSA) is 24.4 Å². The Balaban J connectivity index is 2.76. The Kier molecular flexibility index (Phi) is 1.33. The van der Waals surface area contributed by atoms with E-state index in [-0.39, 0.29) is 0 Å². The Morgan fingerprint density at radius 3 is 2.75 bits per heavy atom. The zero-order valence-electron chi connectivity index (χ0n) is 5.23. The SMILES string of the molecule is CC1=C(C)NCC=N1. The summed E-state index contributed by atoms with van der Waals surface area (Å²) in [7, 11) is 0. The Morgan fingerprint density at radius 2 is 2.38 bits per heavy atom. The maximum Gasteiger partial charge on any atom is 0.0555 e. The summed E-state index contributed by atoms with van der Waals surface area (Å²) in [5, 5.41) is 3.16. The summed E-state index contributed by atoms with van der Waals surface area (Å²) in [4.78, 5) is 4.10. The van der Waals surface area contributed by atoms with E-state index in [0.717, 1.165) is 12.2 Å². The average Bonchev–Trinajstić information content (AvgIpc) is 1.77. The monoisotopic (exact) mass is 110 g/mol. The van der Waals surface area contributed by atoms with Gasteiger partial charge < -0.3 is 5.32 Å². The molecular formula is C6H10N2. The summed E-state index contributed by atoms with van der Waals surface area (Å²) >= 11 is 0. The fourth-order valence-electron chi connectivity index (χ4n) is 0.606. The Morgan fingerprint density at radius 1 is 1.62 bits per heavy atom. The normalized spacial score (nSPS) is 18.8. The molecule has 0 unspecified atom stereocenters. The fraction of sp³-hybridized carbons (Fsp3) is 0.500. The van der Waals surface area contributed by atoms with Crippen molar-refractivity contribution in [1.82, 2.24) is 5.32 Å². The molecule has 1 N–H and O–H groups in total. The van der Waals surface area contributed by atoms with Crippen LogP contribution in [0.25, 0.3) is 0 Å². The van der Waals surface area contributed by atoms with Crippen molar-refractivity contribution in [2.75, 3.05) is 6.54 Å². The molecule has 8 heavy (non-hydrogen) atoms. The van der Waals surface area contributed by atoms with Crippen LogP contribution in [0.2, 0.25) is 0 Å². The first-order valence-electron chi connectivity index (χ1n) is 2.74. The van der Waals surface area contributed by atoms with Gasteiger partial charge in [0, 0.05) is 11.9 Å². The molecule has 1 aliphatic rings. The van der Waals surface area contributed by atoms with Crippen molar-refractivity contribution in [2.45, 2.75) is 13.8 Å². The smallest absolute Gasteiger partial charge is 0.0555 e. The third-order valence-electron chi connectivity index (χ3n) is 1.29. The number of rotatable bonds is 0. The van der Waals surface area contributed by atoms with Gasteiger partial charge in [-0.15, -0.1) is 0 Å². The lowest BCUT2D eigenvalue weighted by Crippen LogP contribution is -2.18. The zero-order valence-corrected chi connectivity index (χ0v) is 5.23. The van der Waals surface area contributed by atoms with Crippen molar-refractivity contribution >= 4 is 6.21 Å². The number of hydrogen-bond acceptors (Lipinski definition) is 2. The summed E-state index contributed by atoms with van der Waals surface area (Å²) in [6.07, 6.45) is 1.88. The summed E-state index contributed by atoms with van der Waals surface area (Å²) < 4.78 is 0. The van der Waals surface area contributed by atoms with Gasteiger partial charge in [-0.25, -0.2) is 0 Å². The number of hydrogen-bond donors (Lipinski definition) is 1. The van der Waals surface area contributed by atoms with Crippen LogP contribution in [-0.4, -0.2) is 12.8 Å². The van der Waals surface area contributed by atoms with E-state index in [0.29, 0.717) is 0 Å².